The summed E-state index contributed by atoms with van der Waals surface area (Å²) < 4.78 is 7.85. The molecule has 5 rings (SSSR count). The Morgan fingerprint density at radius 3 is 2.63 bits per heavy atom. The molecule has 134 valence electrons. The highest BCUT2D eigenvalue weighted by Gasteiger charge is 2.33. The van der Waals surface area contributed by atoms with E-state index in [9.17, 15) is 0 Å². The highest BCUT2D eigenvalue weighted by Crippen LogP contribution is 2.44. The van der Waals surface area contributed by atoms with Crippen LogP contribution in [0.2, 0.25) is 0 Å². The number of para-hydroxylation sites is 3. The van der Waals surface area contributed by atoms with Gasteiger partial charge in [0.25, 0.3) is 0 Å². The summed E-state index contributed by atoms with van der Waals surface area (Å²) in [5, 5.41) is 0. The third kappa shape index (κ3) is 2.33. The standard InChI is InChI=1S/C23H21N3O/c1-3-25-20-13-6-4-11-18(20)22-24-19-12-5-7-14-21(19)26(22)23(25)16-9-8-10-17(15-16)27-2/h4-15,23H,3H2,1-2H3. The summed E-state index contributed by atoms with van der Waals surface area (Å²) in [6.07, 6.45) is 0.0300. The minimum absolute atomic E-state index is 0.0300. The number of anilines is 1. The molecule has 0 aliphatic carbocycles. The first-order valence-corrected chi connectivity index (χ1v) is 9.28. The van der Waals surface area contributed by atoms with Crippen LogP contribution in [0.5, 0.6) is 5.75 Å². The van der Waals surface area contributed by atoms with Gasteiger partial charge in [-0.1, -0.05) is 36.4 Å². The van der Waals surface area contributed by atoms with Crippen LogP contribution in [0.4, 0.5) is 5.69 Å². The largest absolute Gasteiger partial charge is 0.497 e. The molecule has 0 saturated heterocycles. The molecule has 0 bridgehead atoms. The third-order valence-electron chi connectivity index (χ3n) is 5.32. The van der Waals surface area contributed by atoms with Crippen LogP contribution in [-0.4, -0.2) is 23.2 Å². The summed E-state index contributed by atoms with van der Waals surface area (Å²) in [5.74, 6) is 1.89. The van der Waals surface area contributed by atoms with E-state index < -0.39 is 0 Å². The number of aromatic nitrogens is 2. The summed E-state index contributed by atoms with van der Waals surface area (Å²) in [5.41, 5.74) is 5.75. The van der Waals surface area contributed by atoms with E-state index in [4.69, 9.17) is 9.72 Å². The fraction of sp³-hybridized carbons (Fsp3) is 0.174. The maximum absolute atomic E-state index is 5.50. The highest BCUT2D eigenvalue weighted by atomic mass is 16.5. The maximum Gasteiger partial charge on any atom is 0.145 e. The lowest BCUT2D eigenvalue weighted by Gasteiger charge is -2.40. The van der Waals surface area contributed by atoms with Crippen molar-refractivity contribution in [3.05, 3.63) is 78.4 Å². The summed E-state index contributed by atoms with van der Waals surface area (Å²) in [6.45, 7) is 3.10. The maximum atomic E-state index is 5.50. The molecule has 2 heterocycles. The fourth-order valence-corrected chi connectivity index (χ4v) is 4.14. The van der Waals surface area contributed by atoms with E-state index >= 15 is 0 Å². The van der Waals surface area contributed by atoms with Crippen molar-refractivity contribution >= 4 is 16.7 Å². The molecule has 1 aromatic heterocycles. The van der Waals surface area contributed by atoms with Crippen LogP contribution in [0.3, 0.4) is 0 Å². The molecule has 0 spiro atoms. The summed E-state index contributed by atoms with van der Waals surface area (Å²) in [7, 11) is 1.71. The number of imidazole rings is 1. The van der Waals surface area contributed by atoms with Crippen molar-refractivity contribution < 1.29 is 4.74 Å². The second-order valence-corrected chi connectivity index (χ2v) is 6.75. The van der Waals surface area contributed by atoms with Crippen molar-refractivity contribution in [2.24, 2.45) is 0 Å². The number of hydrogen-bond donors (Lipinski definition) is 0. The number of hydrogen-bond acceptors (Lipinski definition) is 3. The molecule has 27 heavy (non-hydrogen) atoms. The van der Waals surface area contributed by atoms with Gasteiger partial charge in [-0.2, -0.15) is 0 Å². The topological polar surface area (TPSA) is 30.3 Å². The second kappa shape index (κ2) is 6.16. The van der Waals surface area contributed by atoms with Crippen LogP contribution in [0, 0.1) is 0 Å². The Labute approximate surface area is 158 Å². The highest BCUT2D eigenvalue weighted by molar-refractivity contribution is 5.87. The van der Waals surface area contributed by atoms with Gasteiger partial charge in [0.1, 0.15) is 17.7 Å². The summed E-state index contributed by atoms with van der Waals surface area (Å²) >= 11 is 0. The van der Waals surface area contributed by atoms with Gasteiger partial charge in [-0.25, -0.2) is 4.98 Å². The zero-order chi connectivity index (χ0) is 18.4. The third-order valence-corrected chi connectivity index (χ3v) is 5.32. The van der Waals surface area contributed by atoms with Gasteiger partial charge >= 0.3 is 0 Å². The van der Waals surface area contributed by atoms with E-state index in [0.717, 1.165) is 29.2 Å². The SMILES string of the molecule is CCN1c2ccccc2-c2nc3ccccc3n2C1c1cccc(OC)c1. The number of benzene rings is 3. The van der Waals surface area contributed by atoms with Crippen LogP contribution >= 0.6 is 0 Å². The van der Waals surface area contributed by atoms with Crippen molar-refractivity contribution in [3.8, 4) is 17.1 Å². The molecular formula is C23H21N3O. The van der Waals surface area contributed by atoms with Gasteiger partial charge in [0, 0.05) is 17.8 Å². The van der Waals surface area contributed by atoms with E-state index in [1.165, 1.54) is 16.8 Å². The molecule has 4 heteroatoms. The molecule has 3 aromatic carbocycles. The monoisotopic (exact) mass is 355 g/mol. The Morgan fingerprint density at radius 1 is 0.963 bits per heavy atom. The molecule has 1 unspecified atom stereocenters. The first-order chi connectivity index (χ1) is 13.3. The molecule has 0 radical (unpaired) electrons. The number of fused-ring (bicyclic) bond motifs is 5. The predicted molar refractivity (Wildman–Crippen MR) is 109 cm³/mol. The molecular weight excluding hydrogens is 334 g/mol. The number of methoxy groups -OCH3 is 1. The van der Waals surface area contributed by atoms with Crippen LogP contribution < -0.4 is 9.64 Å². The molecule has 1 aliphatic heterocycles. The Morgan fingerprint density at radius 2 is 1.78 bits per heavy atom. The van der Waals surface area contributed by atoms with Gasteiger partial charge in [0.05, 0.1) is 18.1 Å². The minimum atomic E-state index is 0.0300. The average molecular weight is 355 g/mol. The lowest BCUT2D eigenvalue weighted by atomic mass is 10.0. The van der Waals surface area contributed by atoms with Gasteiger partial charge in [-0.05, 0) is 48.9 Å². The molecule has 4 nitrogen and oxygen atoms in total. The van der Waals surface area contributed by atoms with Crippen LogP contribution in [0.1, 0.15) is 18.7 Å². The molecule has 1 atom stereocenters. The van der Waals surface area contributed by atoms with Crippen molar-refractivity contribution in [2.75, 3.05) is 18.6 Å². The Balaban J connectivity index is 1.85. The van der Waals surface area contributed by atoms with E-state index in [1.807, 2.05) is 12.1 Å². The van der Waals surface area contributed by atoms with Crippen molar-refractivity contribution in [1.82, 2.24) is 9.55 Å². The van der Waals surface area contributed by atoms with E-state index in [0.29, 0.717) is 0 Å². The Kier molecular flexibility index (Phi) is 3.64. The molecule has 0 saturated carbocycles. The normalized spacial score (nSPS) is 15.5. The quantitative estimate of drug-likeness (QED) is 0.512. The van der Waals surface area contributed by atoms with Gasteiger partial charge in [-0.3, -0.25) is 4.57 Å². The Hall–Kier alpha value is -3.27. The van der Waals surface area contributed by atoms with Gasteiger partial charge in [0.15, 0.2) is 0 Å². The zero-order valence-electron chi connectivity index (χ0n) is 15.5. The number of rotatable bonds is 3. The molecule has 0 fully saturated rings. The summed E-state index contributed by atoms with van der Waals surface area (Å²) in [6, 6.07) is 25.2. The van der Waals surface area contributed by atoms with Gasteiger partial charge < -0.3 is 9.64 Å². The summed E-state index contributed by atoms with van der Waals surface area (Å²) in [4.78, 5) is 7.42. The number of nitrogens with zero attached hydrogens (tertiary/aromatic N) is 3. The van der Waals surface area contributed by atoms with E-state index in [-0.39, 0.29) is 6.17 Å². The second-order valence-electron chi connectivity index (χ2n) is 6.75. The first kappa shape index (κ1) is 15.9. The van der Waals surface area contributed by atoms with Crippen molar-refractivity contribution in [1.29, 1.82) is 0 Å². The van der Waals surface area contributed by atoms with E-state index in [2.05, 4.69) is 77.1 Å². The molecule has 1 aliphatic rings. The average Bonchev–Trinajstić information content (AvgIpc) is 3.12. The molecule has 4 aromatic rings. The smallest absolute Gasteiger partial charge is 0.145 e. The lowest BCUT2D eigenvalue weighted by molar-refractivity contribution is 0.413. The van der Waals surface area contributed by atoms with Crippen LogP contribution in [-0.2, 0) is 0 Å². The zero-order valence-corrected chi connectivity index (χ0v) is 15.5. The number of ether oxygens (including phenoxy) is 1. The van der Waals surface area contributed by atoms with Crippen molar-refractivity contribution in [2.45, 2.75) is 13.1 Å². The van der Waals surface area contributed by atoms with Crippen molar-refractivity contribution in [3.63, 3.8) is 0 Å². The van der Waals surface area contributed by atoms with Gasteiger partial charge in [0.2, 0.25) is 0 Å². The van der Waals surface area contributed by atoms with Gasteiger partial charge in [-0.15, -0.1) is 0 Å². The molecule has 0 amide bonds. The van der Waals surface area contributed by atoms with Crippen LogP contribution in [0.15, 0.2) is 72.8 Å². The van der Waals surface area contributed by atoms with E-state index in [1.54, 1.807) is 7.11 Å². The Bertz CT molecular complexity index is 1130. The lowest BCUT2D eigenvalue weighted by Crippen LogP contribution is -2.37. The predicted octanol–water partition coefficient (Wildman–Crippen LogP) is 5.10. The minimum Gasteiger partial charge on any atom is -0.497 e. The van der Waals surface area contributed by atoms with Crippen LogP contribution in [0.25, 0.3) is 22.4 Å². The fourth-order valence-electron chi connectivity index (χ4n) is 4.14. The molecule has 0 N–H and O–H groups in total. The first-order valence-electron chi connectivity index (χ1n) is 9.28.